The lowest BCUT2D eigenvalue weighted by Crippen LogP contribution is -3.12. The van der Waals surface area contributed by atoms with E-state index >= 15 is 0 Å². The third kappa shape index (κ3) is 6.27. The number of oxazole rings is 1. The van der Waals surface area contributed by atoms with E-state index in [-0.39, 0.29) is 5.92 Å². The molecule has 4 nitrogen and oxygen atoms in total. The van der Waals surface area contributed by atoms with Gasteiger partial charge in [0, 0.05) is 18.3 Å². The minimum absolute atomic E-state index is 0.283. The van der Waals surface area contributed by atoms with Crippen LogP contribution in [0, 0.1) is 11.3 Å². The molecule has 5 rings (SSSR count). The van der Waals surface area contributed by atoms with Crippen molar-refractivity contribution in [3.8, 4) is 0 Å². The predicted octanol–water partition coefficient (Wildman–Crippen LogP) is 6.18. The molecule has 1 saturated carbocycles. The highest BCUT2D eigenvalue weighted by atomic mass is 16.5. The summed E-state index contributed by atoms with van der Waals surface area (Å²) in [6, 6.07) is 21.4. The molecule has 0 bridgehead atoms. The fraction of sp³-hybridized carbons (Fsp3) is 0.531. The SMILES string of the molecule is CCC1(COCc2ccccc2)CC[NH+](Cc2cnc(C(c3ccccc3)C3CCCCC3)o2)CC1. The highest BCUT2D eigenvalue weighted by Crippen LogP contribution is 2.40. The number of rotatable bonds is 10. The number of nitrogens with one attached hydrogen (secondary N) is 1. The smallest absolute Gasteiger partial charge is 0.202 e. The van der Waals surface area contributed by atoms with Gasteiger partial charge in [0.05, 0.1) is 38.4 Å². The van der Waals surface area contributed by atoms with Crippen molar-refractivity contribution in [1.29, 1.82) is 0 Å². The van der Waals surface area contributed by atoms with E-state index in [2.05, 4.69) is 67.6 Å². The number of hydrogen-bond donors (Lipinski definition) is 1. The van der Waals surface area contributed by atoms with Gasteiger partial charge in [0.15, 0.2) is 5.76 Å². The molecule has 1 atom stereocenters. The first kappa shape index (κ1) is 25.2. The molecule has 0 amide bonds. The van der Waals surface area contributed by atoms with Crippen molar-refractivity contribution >= 4 is 0 Å². The zero-order valence-electron chi connectivity index (χ0n) is 22.0. The topological polar surface area (TPSA) is 39.7 Å². The zero-order chi connectivity index (χ0) is 24.6. The van der Waals surface area contributed by atoms with Gasteiger partial charge in [0.25, 0.3) is 0 Å². The van der Waals surface area contributed by atoms with E-state index in [4.69, 9.17) is 14.1 Å². The molecule has 0 radical (unpaired) electrons. The maximum atomic E-state index is 6.49. The predicted molar refractivity (Wildman–Crippen MR) is 144 cm³/mol. The van der Waals surface area contributed by atoms with Gasteiger partial charge in [-0.05, 0) is 36.3 Å². The molecule has 2 aromatic carbocycles. The van der Waals surface area contributed by atoms with E-state index in [0.29, 0.717) is 17.9 Å². The number of quaternary nitrogens is 1. The van der Waals surface area contributed by atoms with Crippen molar-refractivity contribution in [3.05, 3.63) is 89.6 Å². The van der Waals surface area contributed by atoms with Crippen molar-refractivity contribution in [1.82, 2.24) is 4.98 Å². The highest BCUT2D eigenvalue weighted by Gasteiger charge is 2.36. The van der Waals surface area contributed by atoms with E-state index in [9.17, 15) is 0 Å². The normalized spacial score (nSPS) is 24.0. The second-order valence-electron chi connectivity index (χ2n) is 11.2. The van der Waals surface area contributed by atoms with Crippen LogP contribution in [-0.2, 0) is 17.9 Å². The van der Waals surface area contributed by atoms with Crippen molar-refractivity contribution in [3.63, 3.8) is 0 Å². The number of piperidine rings is 1. The van der Waals surface area contributed by atoms with Crippen LogP contribution in [0.5, 0.6) is 0 Å². The monoisotopic (exact) mass is 487 g/mol. The van der Waals surface area contributed by atoms with Gasteiger partial charge in [0.2, 0.25) is 5.89 Å². The van der Waals surface area contributed by atoms with Gasteiger partial charge in [-0.1, -0.05) is 86.8 Å². The molecule has 2 heterocycles. The third-order valence-electron chi connectivity index (χ3n) is 8.83. The fourth-order valence-corrected chi connectivity index (χ4v) is 6.41. The van der Waals surface area contributed by atoms with Crippen LogP contribution in [0.4, 0.5) is 0 Å². The van der Waals surface area contributed by atoms with Crippen LogP contribution in [0.2, 0.25) is 0 Å². The first-order valence-corrected chi connectivity index (χ1v) is 14.2. The molecule has 2 fully saturated rings. The van der Waals surface area contributed by atoms with Crippen LogP contribution in [0.15, 0.2) is 71.3 Å². The lowest BCUT2D eigenvalue weighted by Gasteiger charge is -2.38. The second-order valence-corrected chi connectivity index (χ2v) is 11.2. The Labute approximate surface area is 217 Å². The largest absolute Gasteiger partial charge is 0.439 e. The number of ether oxygens (including phenoxy) is 1. The number of aromatic nitrogens is 1. The summed E-state index contributed by atoms with van der Waals surface area (Å²) in [5.74, 6) is 2.89. The number of nitrogens with zero attached hydrogens (tertiary/aromatic N) is 1. The Morgan fingerprint density at radius 3 is 2.36 bits per heavy atom. The molecule has 1 aromatic heterocycles. The van der Waals surface area contributed by atoms with Gasteiger partial charge in [0.1, 0.15) is 6.54 Å². The Morgan fingerprint density at radius 2 is 1.67 bits per heavy atom. The number of benzene rings is 2. The van der Waals surface area contributed by atoms with Gasteiger partial charge in [-0.3, -0.25) is 0 Å². The lowest BCUT2D eigenvalue weighted by atomic mass is 9.76. The third-order valence-corrected chi connectivity index (χ3v) is 8.83. The van der Waals surface area contributed by atoms with Gasteiger partial charge in [-0.15, -0.1) is 0 Å². The molecular weight excluding hydrogens is 444 g/mol. The standard InChI is InChI=1S/C32H42N2O2/c1-2-32(25-35-24-26-12-6-3-7-13-26)18-20-34(21-19-32)23-29-22-33-31(36-29)30(27-14-8-4-9-15-27)28-16-10-5-11-17-28/h3-4,6-9,12-15,22,28,30H,2,5,10-11,16-21,23-25H2,1H3/p+1. The van der Waals surface area contributed by atoms with Crippen molar-refractivity contribution in [2.75, 3.05) is 19.7 Å². The molecule has 36 heavy (non-hydrogen) atoms. The first-order chi connectivity index (χ1) is 17.7. The fourth-order valence-electron chi connectivity index (χ4n) is 6.41. The Balaban J connectivity index is 1.18. The second kappa shape index (κ2) is 12.2. The van der Waals surface area contributed by atoms with Crippen molar-refractivity contribution in [2.24, 2.45) is 11.3 Å². The van der Waals surface area contributed by atoms with Crippen LogP contribution in [-0.4, -0.2) is 24.7 Å². The summed E-state index contributed by atoms with van der Waals surface area (Å²) in [6.45, 7) is 7.17. The quantitative estimate of drug-likeness (QED) is 0.371. The summed E-state index contributed by atoms with van der Waals surface area (Å²) < 4.78 is 12.7. The molecule has 1 aliphatic heterocycles. The van der Waals surface area contributed by atoms with Gasteiger partial charge in [-0.2, -0.15) is 0 Å². The maximum absolute atomic E-state index is 6.49. The zero-order valence-corrected chi connectivity index (χ0v) is 22.0. The van der Waals surface area contributed by atoms with Crippen LogP contribution >= 0.6 is 0 Å². The Kier molecular flexibility index (Phi) is 8.55. The van der Waals surface area contributed by atoms with E-state index in [1.807, 2.05) is 6.20 Å². The average molecular weight is 488 g/mol. The molecule has 4 heteroatoms. The molecule has 192 valence electrons. The van der Waals surface area contributed by atoms with Crippen molar-refractivity contribution < 1.29 is 14.1 Å². The maximum Gasteiger partial charge on any atom is 0.202 e. The summed E-state index contributed by atoms with van der Waals surface area (Å²) in [5.41, 5.74) is 2.92. The Bertz CT molecular complexity index is 1030. The van der Waals surface area contributed by atoms with Crippen LogP contribution < -0.4 is 4.90 Å². The van der Waals surface area contributed by atoms with E-state index in [1.54, 1.807) is 4.90 Å². The lowest BCUT2D eigenvalue weighted by molar-refractivity contribution is -0.922. The Hall–Kier alpha value is -2.43. The molecule has 1 saturated heterocycles. The van der Waals surface area contributed by atoms with E-state index in [0.717, 1.165) is 24.8 Å². The minimum Gasteiger partial charge on any atom is -0.439 e. The summed E-state index contributed by atoms with van der Waals surface area (Å²) in [6.07, 6.45) is 12.2. The molecule has 1 unspecified atom stereocenters. The molecule has 3 aromatic rings. The van der Waals surface area contributed by atoms with Crippen LogP contribution in [0.3, 0.4) is 0 Å². The van der Waals surface area contributed by atoms with Crippen molar-refractivity contribution in [2.45, 2.75) is 77.4 Å². The van der Waals surface area contributed by atoms with Gasteiger partial charge in [-0.25, -0.2) is 4.98 Å². The first-order valence-electron chi connectivity index (χ1n) is 14.2. The average Bonchev–Trinajstić information content (AvgIpc) is 3.39. The molecule has 1 N–H and O–H groups in total. The minimum atomic E-state index is 0.283. The summed E-state index contributed by atoms with van der Waals surface area (Å²) in [5, 5.41) is 0. The van der Waals surface area contributed by atoms with Gasteiger partial charge < -0.3 is 14.1 Å². The summed E-state index contributed by atoms with van der Waals surface area (Å²) in [4.78, 5) is 6.46. The van der Waals surface area contributed by atoms with E-state index in [1.165, 1.54) is 75.6 Å². The van der Waals surface area contributed by atoms with E-state index < -0.39 is 0 Å². The number of likely N-dealkylation sites (tertiary alicyclic amines) is 1. The highest BCUT2D eigenvalue weighted by molar-refractivity contribution is 5.26. The Morgan fingerprint density at radius 1 is 0.972 bits per heavy atom. The number of hydrogen-bond acceptors (Lipinski definition) is 3. The molecule has 1 aliphatic carbocycles. The summed E-state index contributed by atoms with van der Waals surface area (Å²) in [7, 11) is 0. The van der Waals surface area contributed by atoms with Gasteiger partial charge >= 0.3 is 0 Å². The molecular formula is C32H43N2O2+. The summed E-state index contributed by atoms with van der Waals surface area (Å²) >= 11 is 0. The van der Waals surface area contributed by atoms with Crippen LogP contribution in [0.1, 0.15) is 87.0 Å². The molecule has 2 aliphatic rings. The van der Waals surface area contributed by atoms with Crippen LogP contribution in [0.25, 0.3) is 0 Å². The molecule has 0 spiro atoms.